The summed E-state index contributed by atoms with van der Waals surface area (Å²) in [6.07, 6.45) is 6.99. The maximum atomic E-state index is 14.2. The van der Waals surface area contributed by atoms with Crippen molar-refractivity contribution in [1.82, 2.24) is 0 Å². The number of aldehydes is 1. The number of esters is 1. The van der Waals surface area contributed by atoms with Crippen molar-refractivity contribution in [3.8, 4) is 16.9 Å². The summed E-state index contributed by atoms with van der Waals surface area (Å²) in [6.45, 7) is 40.0. The standard InChI is InChI=1S/C66H90O7/c1-59(2,3)40-53(60(4,5)6)57(69)72-65(15,16)44-66(17,18)73-58(63(11,12)42-61(7,8)38-45-30-32-49(54(34-45)70-19)36-51(41-67)47-26-22-20-23-27-47)64(13,14)43-62(9,10)39-46-31-33-50-37-52(48-28-24-21-25-29-48)56(68)71-55(50)35-46/h20-37,41,53,58H,38-40,42-44H2,1-19H3/b51-36+. The number of carbonyl (C=O) groups excluding carboxylic acids is 2. The van der Waals surface area contributed by atoms with Crippen LogP contribution in [0.25, 0.3) is 33.7 Å². The quantitative estimate of drug-likeness (QED) is 0.0224. The summed E-state index contributed by atoms with van der Waals surface area (Å²) in [5, 5.41) is 0.887. The van der Waals surface area contributed by atoms with E-state index in [0.29, 0.717) is 23.1 Å². The van der Waals surface area contributed by atoms with Crippen LogP contribution in [-0.4, -0.2) is 36.7 Å². The Bertz CT molecular complexity index is 2750. The molecular weight excluding hydrogens is 905 g/mol. The summed E-state index contributed by atoms with van der Waals surface area (Å²) >= 11 is 0. The molecule has 0 aliphatic rings. The van der Waals surface area contributed by atoms with Crippen LogP contribution in [-0.2, 0) is 31.9 Å². The zero-order valence-corrected chi connectivity index (χ0v) is 48.2. The molecule has 0 aliphatic heterocycles. The van der Waals surface area contributed by atoms with Gasteiger partial charge in [-0.05, 0) is 139 Å². The highest BCUT2D eigenvalue weighted by atomic mass is 16.6. The number of benzene rings is 4. The lowest BCUT2D eigenvalue weighted by Gasteiger charge is -2.52. The van der Waals surface area contributed by atoms with Crippen molar-refractivity contribution in [3.05, 3.63) is 136 Å². The molecule has 0 radical (unpaired) electrons. The van der Waals surface area contributed by atoms with E-state index in [-0.39, 0.29) is 56.1 Å². The molecule has 0 spiro atoms. The van der Waals surface area contributed by atoms with Crippen LogP contribution in [0, 0.1) is 38.4 Å². The summed E-state index contributed by atoms with van der Waals surface area (Å²) in [5.41, 5.74) is 3.29. The van der Waals surface area contributed by atoms with E-state index in [4.69, 9.17) is 18.6 Å². The predicted molar refractivity (Wildman–Crippen MR) is 304 cm³/mol. The molecule has 396 valence electrons. The van der Waals surface area contributed by atoms with Crippen LogP contribution in [0.4, 0.5) is 0 Å². The molecule has 5 rings (SSSR count). The van der Waals surface area contributed by atoms with E-state index in [1.807, 2.05) is 98.8 Å². The molecule has 7 nitrogen and oxygen atoms in total. The fourth-order valence-electron chi connectivity index (χ4n) is 12.4. The van der Waals surface area contributed by atoms with Crippen LogP contribution < -0.4 is 10.4 Å². The van der Waals surface area contributed by atoms with Gasteiger partial charge in [-0.25, -0.2) is 4.79 Å². The van der Waals surface area contributed by atoms with E-state index >= 15 is 0 Å². The topological polar surface area (TPSA) is 92.0 Å². The maximum absolute atomic E-state index is 14.2. The van der Waals surface area contributed by atoms with E-state index in [1.54, 1.807) is 7.11 Å². The number of rotatable bonds is 22. The monoisotopic (exact) mass is 995 g/mol. The Labute approximate surface area is 439 Å². The third-order valence-corrected chi connectivity index (χ3v) is 14.2. The third-order valence-electron chi connectivity index (χ3n) is 14.2. The van der Waals surface area contributed by atoms with Gasteiger partial charge in [-0.3, -0.25) is 9.59 Å². The Hall–Kier alpha value is -5.27. The molecule has 1 aromatic heterocycles. The van der Waals surface area contributed by atoms with Gasteiger partial charge in [0.2, 0.25) is 0 Å². The van der Waals surface area contributed by atoms with E-state index in [2.05, 4.69) is 135 Å². The minimum absolute atomic E-state index is 0.0391. The Balaban J connectivity index is 1.46. The molecule has 4 aromatic carbocycles. The molecule has 73 heavy (non-hydrogen) atoms. The highest BCUT2D eigenvalue weighted by Gasteiger charge is 2.49. The molecule has 0 aliphatic carbocycles. The van der Waals surface area contributed by atoms with Gasteiger partial charge in [-0.15, -0.1) is 0 Å². The fourth-order valence-corrected chi connectivity index (χ4v) is 12.4. The zero-order valence-electron chi connectivity index (χ0n) is 48.2. The maximum Gasteiger partial charge on any atom is 0.344 e. The number of hydrogen-bond acceptors (Lipinski definition) is 7. The van der Waals surface area contributed by atoms with E-state index in [1.165, 1.54) is 0 Å². The lowest BCUT2D eigenvalue weighted by atomic mass is 9.60. The SMILES string of the molecule is COc1cc(CC(C)(C)CC(C)(C)C(OC(C)(C)CC(C)(C)OC(=O)C(CC(C)(C)C)C(C)(C)C)C(C)(C)CC(C)(C)Cc2ccc3cc(-c4ccccc4)c(=O)oc3c2)ccc1/C=C(\C=O)c1ccccc1. The minimum atomic E-state index is -0.805. The summed E-state index contributed by atoms with van der Waals surface area (Å²) in [7, 11) is 1.68. The first kappa shape index (κ1) is 58.6. The van der Waals surface area contributed by atoms with Gasteiger partial charge in [0.1, 0.15) is 16.9 Å². The second-order valence-electron chi connectivity index (χ2n) is 27.7. The van der Waals surface area contributed by atoms with E-state index < -0.39 is 11.2 Å². The normalized spacial score (nSPS) is 14.5. The Morgan fingerprint density at radius 3 is 1.68 bits per heavy atom. The highest BCUT2D eigenvalue weighted by molar-refractivity contribution is 6.13. The molecule has 2 atom stereocenters. The predicted octanol–water partition coefficient (Wildman–Crippen LogP) is 16.9. The van der Waals surface area contributed by atoms with Crippen LogP contribution in [0.1, 0.15) is 173 Å². The van der Waals surface area contributed by atoms with E-state index in [9.17, 15) is 14.4 Å². The number of ether oxygens (including phenoxy) is 3. The average Bonchev–Trinajstić information content (AvgIpc) is 3.24. The van der Waals surface area contributed by atoms with Crippen molar-refractivity contribution >= 4 is 34.9 Å². The zero-order chi connectivity index (χ0) is 54.6. The molecule has 0 saturated heterocycles. The molecule has 1 heterocycles. The van der Waals surface area contributed by atoms with Crippen LogP contribution in [0.2, 0.25) is 0 Å². The van der Waals surface area contributed by atoms with Gasteiger partial charge in [-0.1, -0.05) is 182 Å². The Kier molecular flexibility index (Phi) is 17.9. The summed E-state index contributed by atoms with van der Waals surface area (Å²) < 4.78 is 26.1. The lowest BCUT2D eigenvalue weighted by molar-refractivity contribution is -0.202. The second kappa shape index (κ2) is 22.3. The van der Waals surface area contributed by atoms with Gasteiger partial charge in [0.15, 0.2) is 6.29 Å². The lowest BCUT2D eigenvalue weighted by Crippen LogP contribution is -2.52. The summed E-state index contributed by atoms with van der Waals surface area (Å²) in [6, 6.07) is 33.8. The first-order valence-corrected chi connectivity index (χ1v) is 26.5. The number of carbonyl (C=O) groups is 2. The Morgan fingerprint density at radius 2 is 1.16 bits per heavy atom. The third kappa shape index (κ3) is 16.6. The van der Waals surface area contributed by atoms with Crippen molar-refractivity contribution in [3.63, 3.8) is 0 Å². The van der Waals surface area contributed by atoms with Gasteiger partial charge >= 0.3 is 11.6 Å². The molecule has 0 N–H and O–H groups in total. The Morgan fingerprint density at radius 1 is 0.630 bits per heavy atom. The molecule has 7 heteroatoms. The fraction of sp³-hybridized carbons (Fsp3) is 0.530. The van der Waals surface area contributed by atoms with Crippen molar-refractivity contribution in [2.75, 3.05) is 7.11 Å². The molecule has 0 bridgehead atoms. The van der Waals surface area contributed by atoms with Crippen molar-refractivity contribution in [1.29, 1.82) is 0 Å². The number of allylic oxidation sites excluding steroid dienone is 1. The van der Waals surface area contributed by atoms with Crippen molar-refractivity contribution < 1.29 is 28.2 Å². The minimum Gasteiger partial charge on any atom is -0.496 e. The first-order chi connectivity index (χ1) is 33.5. The first-order valence-electron chi connectivity index (χ1n) is 26.5. The molecule has 2 unspecified atom stereocenters. The van der Waals surface area contributed by atoms with E-state index in [0.717, 1.165) is 77.3 Å². The summed E-state index contributed by atoms with van der Waals surface area (Å²) in [5.74, 6) is 0.303. The van der Waals surface area contributed by atoms with Crippen LogP contribution in [0.15, 0.2) is 112 Å². The van der Waals surface area contributed by atoms with Crippen molar-refractivity contribution in [2.24, 2.45) is 38.4 Å². The number of fused-ring (bicyclic) bond motifs is 1. The molecule has 0 amide bonds. The van der Waals surface area contributed by atoms with Gasteiger partial charge in [-0.2, -0.15) is 0 Å². The van der Waals surface area contributed by atoms with Crippen LogP contribution in [0.3, 0.4) is 0 Å². The number of hydrogen-bond donors (Lipinski definition) is 0. The molecule has 5 aromatic rings. The van der Waals surface area contributed by atoms with Crippen LogP contribution in [0.5, 0.6) is 5.75 Å². The highest BCUT2D eigenvalue weighted by Crippen LogP contribution is 2.52. The number of methoxy groups -OCH3 is 1. The molecular formula is C66H90O7. The molecule has 0 saturated carbocycles. The second-order valence-corrected chi connectivity index (χ2v) is 27.7. The van der Waals surface area contributed by atoms with Gasteiger partial charge in [0.05, 0.1) is 30.3 Å². The molecule has 0 fully saturated rings. The van der Waals surface area contributed by atoms with Gasteiger partial charge < -0.3 is 18.6 Å². The van der Waals surface area contributed by atoms with Gasteiger partial charge in [0.25, 0.3) is 0 Å². The van der Waals surface area contributed by atoms with Gasteiger partial charge in [0, 0.05) is 22.9 Å². The van der Waals surface area contributed by atoms with Crippen molar-refractivity contribution in [2.45, 2.75) is 180 Å². The smallest absolute Gasteiger partial charge is 0.344 e. The summed E-state index contributed by atoms with van der Waals surface area (Å²) in [4.78, 5) is 39.7. The largest absolute Gasteiger partial charge is 0.496 e. The average molecular weight is 995 g/mol. The van der Waals surface area contributed by atoms with Crippen LogP contribution >= 0.6 is 0 Å².